The molecule has 8 heteroatoms. The van der Waals surface area contributed by atoms with Gasteiger partial charge in [-0.2, -0.15) is 13.2 Å². The Labute approximate surface area is 105 Å². The van der Waals surface area contributed by atoms with Crippen LogP contribution in [-0.4, -0.2) is 22.5 Å². The predicted octanol–water partition coefficient (Wildman–Crippen LogP) is 3.80. The third-order valence-corrected chi connectivity index (χ3v) is 2.09. The van der Waals surface area contributed by atoms with Gasteiger partial charge in [0.05, 0.1) is 12.2 Å². The minimum atomic E-state index is -4.91. The van der Waals surface area contributed by atoms with Crippen LogP contribution in [0, 0.1) is 0 Å². The van der Waals surface area contributed by atoms with Crippen LogP contribution in [0.3, 0.4) is 0 Å². The fourth-order valence-electron chi connectivity index (χ4n) is 0.927. The third kappa shape index (κ3) is 4.39. The van der Waals surface area contributed by atoms with E-state index in [1.807, 2.05) is 0 Å². The van der Waals surface area contributed by atoms with E-state index in [-0.39, 0.29) is 6.61 Å². The minimum Gasteiger partial charge on any atom is -0.463 e. The molecular weight excluding hydrogens is 291 g/mol. The fraction of sp³-hybridized carbons (Fsp3) is 0.625. The summed E-state index contributed by atoms with van der Waals surface area (Å²) in [5.41, 5.74) is -2.31. The van der Waals surface area contributed by atoms with Crippen molar-refractivity contribution in [3.63, 3.8) is 0 Å². The molecule has 0 aromatic carbocycles. The number of alkyl halides is 6. The second-order valence-electron chi connectivity index (χ2n) is 2.72. The molecule has 0 rings (SSSR count). The summed E-state index contributed by atoms with van der Waals surface area (Å²) in [6.07, 6.45) is -4.91. The predicted molar refractivity (Wildman–Crippen MR) is 55.7 cm³/mol. The normalized spacial score (nSPS) is 14.5. The van der Waals surface area contributed by atoms with Gasteiger partial charge in [0.25, 0.3) is 0 Å². The summed E-state index contributed by atoms with van der Waals surface area (Å²) in [6.45, 7) is 2.28. The van der Waals surface area contributed by atoms with Crippen LogP contribution in [0.4, 0.5) is 13.2 Å². The summed E-state index contributed by atoms with van der Waals surface area (Å²) in [7, 11) is 0. The van der Waals surface area contributed by atoms with Gasteiger partial charge in [-0.3, -0.25) is 0 Å². The van der Waals surface area contributed by atoms with E-state index in [1.165, 1.54) is 6.92 Å². The number of allylic oxidation sites excluding steroid dienone is 1. The average molecular weight is 300 g/mol. The molecule has 0 unspecified atom stereocenters. The van der Waals surface area contributed by atoms with Gasteiger partial charge < -0.3 is 4.74 Å². The zero-order chi connectivity index (χ0) is 13.1. The van der Waals surface area contributed by atoms with Gasteiger partial charge in [0.2, 0.25) is 3.79 Å². The molecule has 0 radical (unpaired) electrons. The Morgan fingerprint density at radius 1 is 1.25 bits per heavy atom. The molecule has 0 aliphatic heterocycles. The summed E-state index contributed by atoms with van der Waals surface area (Å²) >= 11 is 15.5. The summed E-state index contributed by atoms with van der Waals surface area (Å²) in [4.78, 5) is 11.1. The lowest BCUT2D eigenvalue weighted by molar-refractivity contribution is -0.139. The monoisotopic (exact) mass is 298 g/mol. The number of halogens is 6. The Bertz CT molecular complexity index is 289. The Balaban J connectivity index is 5.49. The van der Waals surface area contributed by atoms with Crippen molar-refractivity contribution in [3.05, 3.63) is 11.1 Å². The Morgan fingerprint density at radius 3 is 1.94 bits per heavy atom. The Morgan fingerprint density at radius 2 is 1.69 bits per heavy atom. The fourth-order valence-corrected chi connectivity index (χ4v) is 1.67. The largest absolute Gasteiger partial charge is 0.463 e. The van der Waals surface area contributed by atoms with Crippen LogP contribution in [0.5, 0.6) is 0 Å². The quantitative estimate of drug-likeness (QED) is 0.440. The van der Waals surface area contributed by atoms with Gasteiger partial charge in [0.15, 0.2) is 0 Å². The highest BCUT2D eigenvalue weighted by atomic mass is 35.6. The van der Waals surface area contributed by atoms with Gasteiger partial charge in [-0.25, -0.2) is 4.79 Å². The van der Waals surface area contributed by atoms with E-state index in [0.29, 0.717) is 0 Å². The van der Waals surface area contributed by atoms with Gasteiger partial charge in [-0.05, 0) is 13.8 Å². The Hall–Kier alpha value is -0.130. The smallest absolute Gasteiger partial charge is 0.417 e. The van der Waals surface area contributed by atoms with Crippen molar-refractivity contribution >= 4 is 40.8 Å². The second-order valence-corrected chi connectivity index (χ2v) is 5.00. The highest BCUT2D eigenvalue weighted by Gasteiger charge is 2.48. The summed E-state index contributed by atoms with van der Waals surface area (Å²) in [5.74, 6) is -1.17. The van der Waals surface area contributed by atoms with Crippen LogP contribution in [-0.2, 0) is 9.53 Å². The van der Waals surface area contributed by atoms with E-state index in [1.54, 1.807) is 0 Å². The SMILES string of the molecule is CCOC(=O)/C(C)=C(/C(F)(F)F)C(Cl)(Cl)Cl. The topological polar surface area (TPSA) is 26.3 Å². The molecule has 0 fully saturated rings. The minimum absolute atomic E-state index is 0.0683. The van der Waals surface area contributed by atoms with Crippen molar-refractivity contribution in [2.24, 2.45) is 0 Å². The maximum Gasteiger partial charge on any atom is 0.417 e. The van der Waals surface area contributed by atoms with Crippen molar-refractivity contribution in [1.29, 1.82) is 0 Å². The zero-order valence-corrected chi connectivity index (χ0v) is 10.6. The maximum absolute atomic E-state index is 12.5. The number of ether oxygens (including phenoxy) is 1. The summed E-state index contributed by atoms with van der Waals surface area (Å²) in [6, 6.07) is 0. The van der Waals surface area contributed by atoms with Crippen molar-refractivity contribution in [2.45, 2.75) is 23.8 Å². The van der Waals surface area contributed by atoms with Gasteiger partial charge >= 0.3 is 12.1 Å². The second kappa shape index (κ2) is 5.47. The maximum atomic E-state index is 12.5. The number of carbonyl (C=O) groups is 1. The molecular formula is C8H8Cl3F3O2. The third-order valence-electron chi connectivity index (χ3n) is 1.52. The molecule has 0 N–H and O–H groups in total. The van der Waals surface area contributed by atoms with Gasteiger partial charge in [-0.1, -0.05) is 34.8 Å². The average Bonchev–Trinajstić information content (AvgIpc) is 1.98. The van der Waals surface area contributed by atoms with Gasteiger partial charge in [-0.15, -0.1) is 0 Å². The van der Waals surface area contributed by atoms with Crippen LogP contribution >= 0.6 is 34.8 Å². The lowest BCUT2D eigenvalue weighted by atomic mass is 10.1. The molecule has 0 saturated heterocycles. The van der Waals surface area contributed by atoms with Crippen LogP contribution in [0.2, 0.25) is 0 Å². The number of rotatable bonds is 2. The molecule has 0 saturated carbocycles. The van der Waals surface area contributed by atoms with E-state index >= 15 is 0 Å². The van der Waals surface area contributed by atoms with Crippen molar-refractivity contribution in [1.82, 2.24) is 0 Å². The molecule has 0 spiro atoms. The van der Waals surface area contributed by atoms with Crippen molar-refractivity contribution in [3.8, 4) is 0 Å². The summed E-state index contributed by atoms with van der Waals surface area (Å²) < 4.78 is 39.3. The molecule has 16 heavy (non-hydrogen) atoms. The lowest BCUT2D eigenvalue weighted by Gasteiger charge is -2.21. The first-order chi connectivity index (χ1) is 7.01. The van der Waals surface area contributed by atoms with Crippen molar-refractivity contribution < 1.29 is 22.7 Å². The zero-order valence-electron chi connectivity index (χ0n) is 8.29. The molecule has 0 heterocycles. The molecule has 0 atom stereocenters. The molecule has 0 aliphatic rings. The van der Waals surface area contributed by atoms with Crippen molar-refractivity contribution in [2.75, 3.05) is 6.61 Å². The van der Waals surface area contributed by atoms with Gasteiger partial charge in [0.1, 0.15) is 0 Å². The van der Waals surface area contributed by atoms with E-state index in [9.17, 15) is 18.0 Å². The van der Waals surface area contributed by atoms with E-state index in [0.717, 1.165) is 6.92 Å². The first-order valence-corrected chi connectivity index (χ1v) is 5.17. The first-order valence-electron chi connectivity index (χ1n) is 4.04. The first kappa shape index (κ1) is 15.9. The molecule has 0 aliphatic carbocycles. The number of esters is 1. The van der Waals surface area contributed by atoms with Crippen LogP contribution in [0.25, 0.3) is 0 Å². The highest BCUT2D eigenvalue weighted by molar-refractivity contribution is 6.69. The van der Waals surface area contributed by atoms with E-state index < -0.39 is 27.1 Å². The lowest BCUT2D eigenvalue weighted by Crippen LogP contribution is -2.27. The Kier molecular flexibility index (Phi) is 5.42. The molecule has 94 valence electrons. The van der Waals surface area contributed by atoms with Gasteiger partial charge in [0, 0.05) is 5.57 Å². The standard InChI is InChI=1S/C8H8Cl3F3O2/c1-3-16-6(15)4(2)5(7(9,10)11)8(12,13)14/h3H2,1-2H3/b5-4+. The molecule has 0 amide bonds. The van der Waals surface area contributed by atoms with E-state index in [4.69, 9.17) is 34.8 Å². The molecule has 0 aromatic rings. The number of hydrogen-bond donors (Lipinski definition) is 0. The molecule has 0 aromatic heterocycles. The van der Waals surface area contributed by atoms with Crippen LogP contribution in [0.1, 0.15) is 13.8 Å². The van der Waals surface area contributed by atoms with Crippen LogP contribution in [0.15, 0.2) is 11.1 Å². The number of hydrogen-bond acceptors (Lipinski definition) is 2. The summed E-state index contributed by atoms with van der Waals surface area (Å²) in [5, 5.41) is 0. The van der Waals surface area contributed by atoms with E-state index in [2.05, 4.69) is 4.74 Å². The highest BCUT2D eigenvalue weighted by Crippen LogP contribution is 2.45. The van der Waals surface area contributed by atoms with Crippen LogP contribution < -0.4 is 0 Å². The molecule has 0 bridgehead atoms. The number of carbonyl (C=O) groups excluding carboxylic acids is 1. The molecule has 2 nitrogen and oxygen atoms in total.